The number of nitrogens with one attached hydrogen (secondary N) is 1. The Bertz CT molecular complexity index is 549. The van der Waals surface area contributed by atoms with Crippen molar-refractivity contribution in [2.45, 2.75) is 50.7 Å². The zero-order valence-corrected chi connectivity index (χ0v) is 13.5. The van der Waals surface area contributed by atoms with Gasteiger partial charge in [-0.1, -0.05) is 42.5 Å². The molecule has 5 heteroatoms. The lowest BCUT2D eigenvalue weighted by Gasteiger charge is -2.52. The molecule has 0 radical (unpaired) electrons. The van der Waals surface area contributed by atoms with Crippen molar-refractivity contribution in [1.29, 1.82) is 0 Å². The summed E-state index contributed by atoms with van der Waals surface area (Å²) in [6.07, 6.45) is 5.40. The molecule has 0 unspecified atom stereocenters. The van der Waals surface area contributed by atoms with Crippen LogP contribution in [0.15, 0.2) is 30.3 Å². The number of alkyl carbamates (subject to hydrolysis) is 1. The van der Waals surface area contributed by atoms with Gasteiger partial charge in [0.2, 0.25) is 0 Å². The van der Waals surface area contributed by atoms with Crippen LogP contribution in [0.1, 0.15) is 44.1 Å². The third-order valence-corrected chi connectivity index (χ3v) is 5.78. The molecular formula is C17H22N2O2S. The third-order valence-electron chi connectivity index (χ3n) is 5.35. The molecule has 3 aliphatic carbocycles. The summed E-state index contributed by atoms with van der Waals surface area (Å²) in [4.78, 5) is 12.7. The minimum atomic E-state index is -0.325. The fourth-order valence-electron chi connectivity index (χ4n) is 3.72. The summed E-state index contributed by atoms with van der Waals surface area (Å²) in [5.74, 6) is 0. The molecule has 0 saturated heterocycles. The van der Waals surface area contributed by atoms with Crippen LogP contribution in [0.25, 0.3) is 0 Å². The number of nitrogens with two attached hydrogens (primary N) is 1. The Morgan fingerprint density at radius 2 is 1.73 bits per heavy atom. The monoisotopic (exact) mass is 318 g/mol. The Kier molecular flexibility index (Phi) is 4.08. The Balaban J connectivity index is 1.54. The zero-order chi connectivity index (χ0) is 15.6. The van der Waals surface area contributed by atoms with Crippen molar-refractivity contribution in [3.05, 3.63) is 35.9 Å². The first-order valence-electron chi connectivity index (χ1n) is 7.83. The van der Waals surface area contributed by atoms with E-state index in [4.69, 9.17) is 22.7 Å². The summed E-state index contributed by atoms with van der Waals surface area (Å²) in [7, 11) is 0. The Labute approximate surface area is 136 Å². The Hall–Kier alpha value is -1.62. The summed E-state index contributed by atoms with van der Waals surface area (Å²) in [5, 5.41) is 3.10. The minimum Gasteiger partial charge on any atom is -0.445 e. The lowest BCUT2D eigenvalue weighted by molar-refractivity contribution is 0.0587. The van der Waals surface area contributed by atoms with Crippen LogP contribution in [0.3, 0.4) is 0 Å². The number of carbonyl (C=O) groups excluding carboxylic acids is 1. The highest BCUT2D eigenvalue weighted by Gasteiger charge is 2.50. The molecule has 0 spiro atoms. The molecule has 2 bridgehead atoms. The molecule has 3 N–H and O–H groups in total. The zero-order valence-electron chi connectivity index (χ0n) is 12.6. The molecule has 1 aromatic rings. The molecule has 0 heterocycles. The van der Waals surface area contributed by atoms with Gasteiger partial charge < -0.3 is 15.8 Å². The van der Waals surface area contributed by atoms with Crippen molar-refractivity contribution in [2.24, 2.45) is 11.1 Å². The average Bonchev–Trinajstić information content (AvgIpc) is 2.55. The van der Waals surface area contributed by atoms with Crippen LogP contribution >= 0.6 is 12.2 Å². The van der Waals surface area contributed by atoms with Crippen LogP contribution in [0.4, 0.5) is 4.79 Å². The van der Waals surface area contributed by atoms with Crippen molar-refractivity contribution in [3.63, 3.8) is 0 Å². The van der Waals surface area contributed by atoms with E-state index in [0.717, 1.165) is 44.1 Å². The Morgan fingerprint density at radius 3 is 2.27 bits per heavy atom. The van der Waals surface area contributed by atoms with Gasteiger partial charge in [0, 0.05) is 11.0 Å². The number of rotatable bonds is 4. The predicted molar refractivity (Wildman–Crippen MR) is 89.4 cm³/mol. The van der Waals surface area contributed by atoms with E-state index in [1.165, 1.54) is 0 Å². The van der Waals surface area contributed by atoms with Gasteiger partial charge in [0.15, 0.2) is 0 Å². The first-order chi connectivity index (χ1) is 10.5. The normalized spacial score (nSPS) is 29.8. The molecule has 0 atom stereocenters. The number of hydrogen-bond acceptors (Lipinski definition) is 3. The van der Waals surface area contributed by atoms with E-state index < -0.39 is 0 Å². The highest BCUT2D eigenvalue weighted by Crippen LogP contribution is 2.52. The lowest BCUT2D eigenvalue weighted by Crippen LogP contribution is -2.59. The smallest absolute Gasteiger partial charge is 0.407 e. The lowest BCUT2D eigenvalue weighted by atomic mass is 9.57. The van der Waals surface area contributed by atoms with Gasteiger partial charge in [-0.25, -0.2) is 4.79 Å². The number of thiocarbonyl (C=S) groups is 1. The van der Waals surface area contributed by atoms with Crippen LogP contribution in [-0.2, 0) is 11.3 Å². The van der Waals surface area contributed by atoms with E-state index >= 15 is 0 Å². The number of amides is 1. The van der Waals surface area contributed by atoms with Crippen molar-refractivity contribution < 1.29 is 9.53 Å². The van der Waals surface area contributed by atoms with E-state index in [9.17, 15) is 4.79 Å². The molecule has 118 valence electrons. The number of carbonyl (C=O) groups is 1. The second-order valence-electron chi connectivity index (χ2n) is 6.61. The van der Waals surface area contributed by atoms with Gasteiger partial charge in [-0.05, 0) is 44.1 Å². The van der Waals surface area contributed by atoms with E-state index in [0.29, 0.717) is 11.6 Å². The molecule has 1 aromatic carbocycles. The van der Waals surface area contributed by atoms with E-state index in [1.54, 1.807) is 0 Å². The number of fused-ring (bicyclic) bond motifs is 3. The summed E-state index contributed by atoms with van der Waals surface area (Å²) < 4.78 is 5.35. The maximum Gasteiger partial charge on any atom is 0.407 e. The van der Waals surface area contributed by atoms with Crippen LogP contribution in [0.2, 0.25) is 0 Å². The summed E-state index contributed by atoms with van der Waals surface area (Å²) >= 11 is 5.24. The first-order valence-corrected chi connectivity index (χ1v) is 8.23. The van der Waals surface area contributed by atoms with Gasteiger partial charge in [0.1, 0.15) is 6.61 Å². The number of ether oxygens (including phenoxy) is 1. The van der Waals surface area contributed by atoms with Crippen molar-refractivity contribution >= 4 is 23.3 Å². The van der Waals surface area contributed by atoms with Gasteiger partial charge in [-0.15, -0.1) is 0 Å². The van der Waals surface area contributed by atoms with Crippen LogP contribution in [0.5, 0.6) is 0 Å². The summed E-state index contributed by atoms with van der Waals surface area (Å²) in [5.41, 5.74) is 6.82. The first kappa shape index (κ1) is 15.3. The minimum absolute atomic E-state index is 0.0344. The highest BCUT2D eigenvalue weighted by molar-refractivity contribution is 7.80. The van der Waals surface area contributed by atoms with Crippen molar-refractivity contribution in [2.75, 3.05) is 0 Å². The number of benzene rings is 1. The molecule has 3 aliphatic rings. The fourth-order valence-corrected chi connectivity index (χ4v) is 4.02. The van der Waals surface area contributed by atoms with Crippen LogP contribution < -0.4 is 11.1 Å². The Morgan fingerprint density at radius 1 is 1.14 bits per heavy atom. The van der Waals surface area contributed by atoms with Gasteiger partial charge in [0.05, 0.1) is 4.99 Å². The van der Waals surface area contributed by atoms with Gasteiger partial charge in [0.25, 0.3) is 0 Å². The second-order valence-corrected chi connectivity index (χ2v) is 7.05. The van der Waals surface area contributed by atoms with E-state index in [2.05, 4.69) is 5.32 Å². The largest absolute Gasteiger partial charge is 0.445 e. The molecule has 1 amide bonds. The fraction of sp³-hybridized carbons (Fsp3) is 0.529. The topological polar surface area (TPSA) is 64.3 Å². The highest BCUT2D eigenvalue weighted by atomic mass is 32.1. The molecule has 22 heavy (non-hydrogen) atoms. The molecule has 0 aromatic heterocycles. The van der Waals surface area contributed by atoms with Gasteiger partial charge >= 0.3 is 6.09 Å². The van der Waals surface area contributed by atoms with Crippen molar-refractivity contribution in [1.82, 2.24) is 5.32 Å². The van der Waals surface area contributed by atoms with Crippen LogP contribution in [0, 0.1) is 5.41 Å². The molecular weight excluding hydrogens is 296 g/mol. The average molecular weight is 318 g/mol. The van der Waals surface area contributed by atoms with Crippen LogP contribution in [-0.4, -0.2) is 16.6 Å². The van der Waals surface area contributed by atoms with Crippen molar-refractivity contribution in [3.8, 4) is 0 Å². The molecule has 0 aliphatic heterocycles. The van der Waals surface area contributed by atoms with E-state index in [-0.39, 0.29) is 17.0 Å². The predicted octanol–water partition coefficient (Wildman–Crippen LogP) is 3.29. The van der Waals surface area contributed by atoms with Gasteiger partial charge in [-0.3, -0.25) is 0 Å². The maximum atomic E-state index is 12.1. The summed E-state index contributed by atoms with van der Waals surface area (Å²) in [6.45, 7) is 0.305. The SMILES string of the molecule is NC(=S)C12CCC(NC(=O)OCc3ccccc3)(CC1)CC2. The molecule has 4 nitrogen and oxygen atoms in total. The molecule has 4 rings (SSSR count). The van der Waals surface area contributed by atoms with E-state index in [1.807, 2.05) is 30.3 Å². The standard InChI is InChI=1S/C17H22N2O2S/c18-14(22)16-6-9-17(10-7-16,11-8-16)19-15(20)21-12-13-4-2-1-3-5-13/h1-5H,6-12H2,(H2,18,22)(H,19,20). The summed E-state index contributed by atoms with van der Waals surface area (Å²) in [6, 6.07) is 9.72. The maximum absolute atomic E-state index is 12.1. The second kappa shape index (κ2) is 5.88. The third kappa shape index (κ3) is 2.95. The quantitative estimate of drug-likeness (QED) is 0.836. The number of hydrogen-bond donors (Lipinski definition) is 2. The molecule has 3 fully saturated rings. The van der Waals surface area contributed by atoms with Gasteiger partial charge in [-0.2, -0.15) is 0 Å². The molecule has 3 saturated carbocycles.